The van der Waals surface area contributed by atoms with Crippen LogP contribution >= 0.6 is 0 Å². The third-order valence-electron chi connectivity index (χ3n) is 13.9. The fraction of sp³-hybridized carbons (Fsp3) is 0.859. The molecule has 0 aliphatic carbocycles. The number of allylic oxidation sites excluding steroid dienone is 6. The van der Waals surface area contributed by atoms with Crippen molar-refractivity contribution in [1.82, 2.24) is 0 Å². The van der Waals surface area contributed by atoms with Crippen molar-refractivity contribution in [2.75, 3.05) is 13.2 Å². The van der Waals surface area contributed by atoms with E-state index in [1.807, 2.05) is 0 Å². The summed E-state index contributed by atoms with van der Waals surface area (Å²) in [6.45, 7) is 6.67. The SMILES string of the molecule is CCCCCCC/C=C\C/C=C\C/C=C\CCCCCCCCCCCCCCC(=O)OCC(COC(=O)CCCCCCCCCCCCCC)OC(=O)CCCCCCCCCCCCCCC. The normalized spacial score (nSPS) is 12.2. The van der Waals surface area contributed by atoms with E-state index in [1.165, 1.54) is 225 Å². The summed E-state index contributed by atoms with van der Waals surface area (Å²) in [5.74, 6) is -0.848. The molecule has 0 heterocycles. The van der Waals surface area contributed by atoms with Crippen LogP contribution in [0.3, 0.4) is 0 Å². The van der Waals surface area contributed by atoms with E-state index < -0.39 is 6.10 Å². The largest absolute Gasteiger partial charge is 0.462 e. The van der Waals surface area contributed by atoms with Crippen LogP contribution in [0.1, 0.15) is 335 Å². The van der Waals surface area contributed by atoms with Gasteiger partial charge in [0.25, 0.3) is 0 Å². The molecule has 0 N–H and O–H groups in total. The molecule has 6 nitrogen and oxygen atoms in total. The van der Waals surface area contributed by atoms with E-state index in [0.717, 1.165) is 70.6 Å². The molecule has 0 aliphatic rings. The molecule has 0 aromatic carbocycles. The van der Waals surface area contributed by atoms with Crippen molar-refractivity contribution in [2.24, 2.45) is 0 Å². The summed E-state index contributed by atoms with van der Waals surface area (Å²) in [5.41, 5.74) is 0. The van der Waals surface area contributed by atoms with Crippen LogP contribution < -0.4 is 0 Å². The van der Waals surface area contributed by atoms with E-state index in [0.29, 0.717) is 19.3 Å². The highest BCUT2D eigenvalue weighted by Crippen LogP contribution is 2.17. The van der Waals surface area contributed by atoms with Crippen molar-refractivity contribution in [3.05, 3.63) is 36.5 Å². The van der Waals surface area contributed by atoms with E-state index in [2.05, 4.69) is 57.2 Å². The van der Waals surface area contributed by atoms with Gasteiger partial charge in [0, 0.05) is 19.3 Å². The maximum absolute atomic E-state index is 12.8. The van der Waals surface area contributed by atoms with Gasteiger partial charge in [0.05, 0.1) is 0 Å². The topological polar surface area (TPSA) is 78.9 Å². The average Bonchev–Trinajstić information content (AvgIpc) is 3.36. The van der Waals surface area contributed by atoms with Crippen molar-refractivity contribution >= 4 is 17.9 Å². The van der Waals surface area contributed by atoms with Crippen LogP contribution in [0.2, 0.25) is 0 Å². The summed E-state index contributed by atoms with van der Waals surface area (Å²) in [6, 6.07) is 0. The monoisotopic (exact) mass is 983 g/mol. The lowest BCUT2D eigenvalue weighted by molar-refractivity contribution is -0.167. The molecule has 0 bridgehead atoms. The van der Waals surface area contributed by atoms with Gasteiger partial charge in [-0.15, -0.1) is 0 Å². The highest BCUT2D eigenvalue weighted by Gasteiger charge is 2.19. The van der Waals surface area contributed by atoms with E-state index in [1.54, 1.807) is 0 Å². The molecule has 0 spiro atoms. The summed E-state index contributed by atoms with van der Waals surface area (Å²) in [4.78, 5) is 38.1. The fourth-order valence-corrected chi connectivity index (χ4v) is 9.22. The van der Waals surface area contributed by atoms with Gasteiger partial charge in [0.1, 0.15) is 13.2 Å². The van der Waals surface area contributed by atoms with E-state index in [-0.39, 0.29) is 31.1 Å². The first-order valence-corrected chi connectivity index (χ1v) is 31.0. The van der Waals surface area contributed by atoms with Gasteiger partial charge in [-0.1, -0.05) is 295 Å². The molecule has 0 saturated heterocycles. The second-order valence-corrected chi connectivity index (χ2v) is 21.0. The van der Waals surface area contributed by atoms with Gasteiger partial charge in [-0.3, -0.25) is 14.4 Å². The Morgan fingerprint density at radius 1 is 0.286 bits per heavy atom. The Labute approximate surface area is 435 Å². The van der Waals surface area contributed by atoms with Crippen LogP contribution in [0.25, 0.3) is 0 Å². The highest BCUT2D eigenvalue weighted by atomic mass is 16.6. The number of rotatable bonds is 57. The lowest BCUT2D eigenvalue weighted by Crippen LogP contribution is -2.30. The molecule has 70 heavy (non-hydrogen) atoms. The molecular formula is C64H118O6. The van der Waals surface area contributed by atoms with Crippen LogP contribution in [0.5, 0.6) is 0 Å². The van der Waals surface area contributed by atoms with Gasteiger partial charge in [-0.25, -0.2) is 0 Å². The second-order valence-electron chi connectivity index (χ2n) is 21.0. The van der Waals surface area contributed by atoms with Crippen LogP contribution in [0.4, 0.5) is 0 Å². The quantitative estimate of drug-likeness (QED) is 0.0261. The summed E-state index contributed by atoms with van der Waals surface area (Å²) in [5, 5.41) is 0. The number of unbranched alkanes of at least 4 members (excludes halogenated alkanes) is 40. The summed E-state index contributed by atoms with van der Waals surface area (Å²) in [7, 11) is 0. The number of carbonyl (C=O) groups is 3. The van der Waals surface area contributed by atoms with E-state index >= 15 is 0 Å². The number of esters is 3. The van der Waals surface area contributed by atoms with E-state index in [4.69, 9.17) is 14.2 Å². The van der Waals surface area contributed by atoms with Crippen LogP contribution in [-0.2, 0) is 28.6 Å². The van der Waals surface area contributed by atoms with Gasteiger partial charge >= 0.3 is 17.9 Å². The highest BCUT2D eigenvalue weighted by molar-refractivity contribution is 5.71. The second kappa shape index (κ2) is 59.2. The van der Waals surface area contributed by atoms with Crippen molar-refractivity contribution in [3.63, 3.8) is 0 Å². The summed E-state index contributed by atoms with van der Waals surface area (Å²) >= 11 is 0. The molecule has 0 saturated carbocycles. The maximum atomic E-state index is 12.8. The predicted octanol–water partition coefficient (Wildman–Crippen LogP) is 20.8. The Morgan fingerprint density at radius 3 is 0.800 bits per heavy atom. The van der Waals surface area contributed by atoms with Crippen LogP contribution in [0, 0.1) is 0 Å². The fourth-order valence-electron chi connectivity index (χ4n) is 9.22. The van der Waals surface area contributed by atoms with Gasteiger partial charge in [-0.2, -0.15) is 0 Å². The minimum atomic E-state index is -0.767. The molecule has 0 radical (unpaired) electrons. The molecule has 0 aromatic rings. The molecule has 410 valence electrons. The molecule has 0 aromatic heterocycles. The first-order valence-electron chi connectivity index (χ1n) is 31.0. The molecule has 0 rings (SSSR count). The maximum Gasteiger partial charge on any atom is 0.306 e. The third kappa shape index (κ3) is 56.5. The van der Waals surface area contributed by atoms with Gasteiger partial charge < -0.3 is 14.2 Å². The van der Waals surface area contributed by atoms with Crippen molar-refractivity contribution in [2.45, 2.75) is 341 Å². The minimum absolute atomic E-state index is 0.0669. The zero-order valence-corrected chi connectivity index (χ0v) is 47.1. The Kier molecular flexibility index (Phi) is 57.2. The predicted molar refractivity (Wildman–Crippen MR) is 302 cm³/mol. The Balaban J connectivity index is 4.18. The molecule has 1 atom stereocenters. The van der Waals surface area contributed by atoms with Gasteiger partial charge in [-0.05, 0) is 57.8 Å². The lowest BCUT2D eigenvalue weighted by Gasteiger charge is -2.18. The molecule has 0 aliphatic heterocycles. The van der Waals surface area contributed by atoms with Crippen LogP contribution in [-0.4, -0.2) is 37.2 Å². The zero-order valence-electron chi connectivity index (χ0n) is 47.1. The Morgan fingerprint density at radius 2 is 0.514 bits per heavy atom. The molecular weight excluding hydrogens is 865 g/mol. The molecule has 0 amide bonds. The van der Waals surface area contributed by atoms with Gasteiger partial charge in [0.15, 0.2) is 6.10 Å². The average molecular weight is 984 g/mol. The Hall–Kier alpha value is -2.37. The van der Waals surface area contributed by atoms with E-state index in [9.17, 15) is 14.4 Å². The van der Waals surface area contributed by atoms with Gasteiger partial charge in [0.2, 0.25) is 0 Å². The lowest BCUT2D eigenvalue weighted by atomic mass is 10.0. The minimum Gasteiger partial charge on any atom is -0.462 e. The van der Waals surface area contributed by atoms with Crippen molar-refractivity contribution < 1.29 is 28.6 Å². The third-order valence-corrected chi connectivity index (χ3v) is 13.9. The summed E-state index contributed by atoms with van der Waals surface area (Å²) in [6.07, 6.45) is 71.5. The number of ether oxygens (including phenoxy) is 3. The first kappa shape index (κ1) is 67.6. The Bertz CT molecular complexity index is 1170. The summed E-state index contributed by atoms with van der Waals surface area (Å²) < 4.78 is 16.9. The smallest absolute Gasteiger partial charge is 0.306 e. The molecule has 6 heteroatoms. The molecule has 1 unspecified atom stereocenters. The zero-order chi connectivity index (χ0) is 50.7. The standard InChI is InChI=1S/C64H118O6/c1-4-7-10-13-16-19-22-25-26-27-28-29-30-31-32-33-34-35-36-37-38-40-42-45-48-51-54-57-63(66)69-60-61(59-68-62(65)56-53-50-47-44-41-24-21-18-15-12-9-6-3)70-64(67)58-55-52-49-46-43-39-23-20-17-14-11-8-5-2/h22,25,27-28,30-31,61H,4-21,23-24,26,29,32-60H2,1-3H3/b25-22-,28-27-,31-30-. The van der Waals surface area contributed by atoms with Crippen LogP contribution in [0.15, 0.2) is 36.5 Å². The number of carbonyl (C=O) groups excluding carboxylic acids is 3. The number of hydrogen-bond donors (Lipinski definition) is 0. The molecule has 0 fully saturated rings. The first-order chi connectivity index (χ1) is 34.5. The van der Waals surface area contributed by atoms with Crippen molar-refractivity contribution in [3.8, 4) is 0 Å². The van der Waals surface area contributed by atoms with Crippen molar-refractivity contribution in [1.29, 1.82) is 0 Å². The number of hydrogen-bond acceptors (Lipinski definition) is 6.